The molecule has 1 rings (SSSR count). The maximum absolute atomic E-state index is 12.5. The SMILES string of the molecule is Cc1ccccc1C[C@@H](C)NC(=O)[C@H](NS(C)(=O)=O)C(C)(C)C. The van der Waals surface area contributed by atoms with E-state index in [2.05, 4.69) is 10.0 Å². The van der Waals surface area contributed by atoms with Crippen LogP contribution in [0.2, 0.25) is 0 Å². The van der Waals surface area contributed by atoms with E-state index in [0.29, 0.717) is 6.42 Å². The van der Waals surface area contributed by atoms with Gasteiger partial charge in [0.2, 0.25) is 15.9 Å². The van der Waals surface area contributed by atoms with Crippen LogP contribution in [0, 0.1) is 12.3 Å². The van der Waals surface area contributed by atoms with Crippen molar-refractivity contribution in [3.05, 3.63) is 35.4 Å². The van der Waals surface area contributed by atoms with Crippen LogP contribution in [-0.4, -0.2) is 32.7 Å². The lowest BCUT2D eigenvalue weighted by atomic mass is 9.86. The Hall–Kier alpha value is -1.40. The second-order valence-corrected chi connectivity index (χ2v) is 9.01. The molecule has 6 heteroatoms. The Labute approximate surface area is 139 Å². The van der Waals surface area contributed by atoms with E-state index >= 15 is 0 Å². The van der Waals surface area contributed by atoms with Crippen LogP contribution in [0.4, 0.5) is 0 Å². The number of sulfonamides is 1. The topological polar surface area (TPSA) is 75.3 Å². The molecule has 0 fully saturated rings. The summed E-state index contributed by atoms with van der Waals surface area (Å²) in [6, 6.07) is 7.13. The summed E-state index contributed by atoms with van der Waals surface area (Å²) in [5.74, 6) is -0.302. The van der Waals surface area contributed by atoms with Gasteiger partial charge in [0.15, 0.2) is 0 Å². The number of aryl methyl sites for hydroxylation is 1. The number of nitrogens with one attached hydrogen (secondary N) is 2. The Morgan fingerprint density at radius 2 is 1.78 bits per heavy atom. The van der Waals surface area contributed by atoms with E-state index in [1.54, 1.807) is 0 Å². The number of benzene rings is 1. The van der Waals surface area contributed by atoms with Crippen molar-refractivity contribution in [1.29, 1.82) is 0 Å². The maximum atomic E-state index is 12.5. The summed E-state index contributed by atoms with van der Waals surface area (Å²) in [6.07, 6.45) is 1.77. The molecule has 0 spiro atoms. The molecule has 0 radical (unpaired) electrons. The van der Waals surface area contributed by atoms with Crippen molar-refractivity contribution in [2.24, 2.45) is 5.41 Å². The van der Waals surface area contributed by atoms with Crippen molar-refractivity contribution in [2.45, 2.75) is 53.1 Å². The molecular formula is C17H28N2O3S. The predicted molar refractivity (Wildman–Crippen MR) is 93.7 cm³/mol. The molecule has 0 aliphatic rings. The molecule has 0 saturated heterocycles. The van der Waals surface area contributed by atoms with Crippen LogP contribution in [0.5, 0.6) is 0 Å². The molecule has 1 aromatic carbocycles. The molecule has 0 aliphatic heterocycles. The highest BCUT2D eigenvalue weighted by Crippen LogP contribution is 2.20. The summed E-state index contributed by atoms with van der Waals surface area (Å²) in [6.45, 7) is 9.46. The predicted octanol–water partition coefficient (Wildman–Crippen LogP) is 2.01. The molecular weight excluding hydrogens is 312 g/mol. The Morgan fingerprint density at radius 3 is 2.26 bits per heavy atom. The van der Waals surface area contributed by atoms with Crippen LogP contribution < -0.4 is 10.0 Å². The molecule has 2 atom stereocenters. The Morgan fingerprint density at radius 1 is 1.22 bits per heavy atom. The fourth-order valence-electron chi connectivity index (χ4n) is 2.38. The number of carbonyl (C=O) groups excluding carboxylic acids is 1. The van der Waals surface area contributed by atoms with Gasteiger partial charge in [0, 0.05) is 6.04 Å². The van der Waals surface area contributed by atoms with Gasteiger partial charge >= 0.3 is 0 Å². The number of carbonyl (C=O) groups is 1. The minimum atomic E-state index is -3.46. The molecule has 0 heterocycles. The molecule has 2 N–H and O–H groups in total. The van der Waals surface area contributed by atoms with Crippen LogP contribution in [0.25, 0.3) is 0 Å². The van der Waals surface area contributed by atoms with Gasteiger partial charge in [-0.25, -0.2) is 13.1 Å². The van der Waals surface area contributed by atoms with E-state index in [0.717, 1.165) is 6.26 Å². The van der Waals surface area contributed by atoms with E-state index in [1.165, 1.54) is 11.1 Å². The van der Waals surface area contributed by atoms with Gasteiger partial charge in [0.1, 0.15) is 6.04 Å². The molecule has 0 unspecified atom stereocenters. The largest absolute Gasteiger partial charge is 0.352 e. The highest BCUT2D eigenvalue weighted by molar-refractivity contribution is 7.88. The van der Waals surface area contributed by atoms with Crippen LogP contribution >= 0.6 is 0 Å². The lowest BCUT2D eigenvalue weighted by molar-refractivity contribution is -0.125. The molecule has 0 saturated carbocycles. The van der Waals surface area contributed by atoms with Gasteiger partial charge in [-0.1, -0.05) is 45.0 Å². The standard InChI is InChI=1S/C17H28N2O3S/c1-12-9-7-8-10-14(12)11-13(2)18-16(20)15(17(3,4)5)19-23(6,21)22/h7-10,13,15,19H,11H2,1-6H3,(H,18,20)/t13-,15+/m1/s1. The Balaban J connectivity index is 2.80. The first kappa shape index (κ1) is 19.6. The molecule has 0 aliphatic carbocycles. The summed E-state index contributed by atoms with van der Waals surface area (Å²) in [5, 5.41) is 2.92. The van der Waals surface area contributed by atoms with Gasteiger partial charge in [-0.05, 0) is 36.8 Å². The van der Waals surface area contributed by atoms with Crippen LogP contribution in [0.15, 0.2) is 24.3 Å². The lowest BCUT2D eigenvalue weighted by Crippen LogP contribution is -2.55. The van der Waals surface area contributed by atoms with Crippen LogP contribution in [-0.2, 0) is 21.2 Å². The van der Waals surface area contributed by atoms with Crippen LogP contribution in [0.3, 0.4) is 0 Å². The minimum Gasteiger partial charge on any atom is -0.352 e. The average Bonchev–Trinajstić information content (AvgIpc) is 2.36. The van der Waals surface area contributed by atoms with Gasteiger partial charge in [-0.3, -0.25) is 4.79 Å². The molecule has 0 bridgehead atoms. The summed E-state index contributed by atoms with van der Waals surface area (Å²) in [4.78, 5) is 12.5. The Bertz CT molecular complexity index is 648. The fraction of sp³-hybridized carbons (Fsp3) is 0.588. The molecule has 1 aromatic rings. The first-order valence-electron chi connectivity index (χ1n) is 7.72. The lowest BCUT2D eigenvalue weighted by Gasteiger charge is -2.30. The average molecular weight is 340 g/mol. The third-order valence-electron chi connectivity index (χ3n) is 3.64. The van der Waals surface area contributed by atoms with E-state index in [9.17, 15) is 13.2 Å². The number of hydrogen-bond donors (Lipinski definition) is 2. The van der Waals surface area contributed by atoms with Crippen molar-refractivity contribution < 1.29 is 13.2 Å². The van der Waals surface area contributed by atoms with Crippen molar-refractivity contribution >= 4 is 15.9 Å². The Kier molecular flexibility index (Phi) is 6.36. The van der Waals surface area contributed by atoms with Gasteiger partial charge < -0.3 is 5.32 Å². The minimum absolute atomic E-state index is 0.0881. The summed E-state index contributed by atoms with van der Waals surface area (Å²) in [7, 11) is -3.46. The zero-order valence-electron chi connectivity index (χ0n) is 14.8. The van der Waals surface area contributed by atoms with E-state index in [-0.39, 0.29) is 11.9 Å². The van der Waals surface area contributed by atoms with Crippen molar-refractivity contribution in [2.75, 3.05) is 6.26 Å². The van der Waals surface area contributed by atoms with E-state index < -0.39 is 21.5 Å². The molecule has 1 amide bonds. The second-order valence-electron chi connectivity index (χ2n) is 7.23. The summed E-state index contributed by atoms with van der Waals surface area (Å²) >= 11 is 0. The highest BCUT2D eigenvalue weighted by atomic mass is 32.2. The molecule has 5 nitrogen and oxygen atoms in total. The zero-order chi connectivity index (χ0) is 17.8. The van der Waals surface area contributed by atoms with Crippen LogP contribution in [0.1, 0.15) is 38.8 Å². The number of rotatable bonds is 6. The fourth-order valence-corrected chi connectivity index (χ4v) is 3.27. The van der Waals surface area contributed by atoms with Gasteiger partial charge in [-0.2, -0.15) is 0 Å². The maximum Gasteiger partial charge on any atom is 0.238 e. The van der Waals surface area contributed by atoms with Crippen molar-refractivity contribution in [3.8, 4) is 0 Å². The van der Waals surface area contributed by atoms with Gasteiger partial charge in [0.05, 0.1) is 6.26 Å². The normalized spacial score (nSPS) is 15.0. The van der Waals surface area contributed by atoms with Gasteiger partial charge in [-0.15, -0.1) is 0 Å². The van der Waals surface area contributed by atoms with Crippen molar-refractivity contribution in [1.82, 2.24) is 10.0 Å². The summed E-state index contributed by atoms with van der Waals surface area (Å²) in [5.41, 5.74) is 1.83. The first-order chi connectivity index (χ1) is 10.4. The van der Waals surface area contributed by atoms with Gasteiger partial charge in [0.25, 0.3) is 0 Å². The molecule has 130 valence electrons. The monoisotopic (exact) mass is 340 g/mol. The highest BCUT2D eigenvalue weighted by Gasteiger charge is 2.34. The third-order valence-corrected chi connectivity index (χ3v) is 4.30. The number of amides is 1. The van der Waals surface area contributed by atoms with Crippen molar-refractivity contribution in [3.63, 3.8) is 0 Å². The first-order valence-corrected chi connectivity index (χ1v) is 9.61. The molecule has 23 heavy (non-hydrogen) atoms. The van der Waals surface area contributed by atoms with E-state index in [4.69, 9.17) is 0 Å². The number of hydrogen-bond acceptors (Lipinski definition) is 3. The molecule has 0 aromatic heterocycles. The van der Waals surface area contributed by atoms with E-state index in [1.807, 2.05) is 58.9 Å². The third kappa shape index (κ3) is 6.71. The summed E-state index contributed by atoms with van der Waals surface area (Å²) < 4.78 is 25.5. The zero-order valence-corrected chi connectivity index (χ0v) is 15.6. The smallest absolute Gasteiger partial charge is 0.238 e. The second kappa shape index (κ2) is 7.45. The quantitative estimate of drug-likeness (QED) is 0.832.